The molecule has 150 valence electrons. The second kappa shape index (κ2) is 8.77. The van der Waals surface area contributed by atoms with Crippen LogP contribution in [0, 0.1) is 0 Å². The van der Waals surface area contributed by atoms with Crippen LogP contribution in [0.3, 0.4) is 0 Å². The monoisotopic (exact) mass is 392 g/mol. The van der Waals surface area contributed by atoms with Crippen molar-refractivity contribution in [1.29, 1.82) is 0 Å². The van der Waals surface area contributed by atoms with E-state index in [0.717, 1.165) is 0 Å². The quantitative estimate of drug-likeness (QED) is 0.753. The van der Waals surface area contributed by atoms with Crippen molar-refractivity contribution in [3.05, 3.63) is 40.4 Å². The second-order valence-corrected chi connectivity index (χ2v) is 5.86. The molecule has 0 aliphatic carbocycles. The van der Waals surface area contributed by atoms with Gasteiger partial charge in [-0.05, 0) is 12.1 Å². The number of carboxylic acids is 1. The number of ether oxygens (including phenoxy) is 5. The van der Waals surface area contributed by atoms with E-state index in [9.17, 15) is 14.7 Å². The minimum absolute atomic E-state index is 0.0294. The number of methoxy groups -OCH3 is 2. The predicted molar refractivity (Wildman–Crippen MR) is 96.5 cm³/mol. The topological polar surface area (TPSA) is 114 Å². The molecular formula is C19H20O9. The van der Waals surface area contributed by atoms with Gasteiger partial charge < -0.3 is 33.2 Å². The molecule has 9 heteroatoms. The maximum absolute atomic E-state index is 12.5. The van der Waals surface area contributed by atoms with Gasteiger partial charge in [0, 0.05) is 11.6 Å². The summed E-state index contributed by atoms with van der Waals surface area (Å²) in [6, 6.07) is 6.24. The smallest absolute Gasteiger partial charge is 0.379 e. The second-order valence-electron chi connectivity index (χ2n) is 5.86. The lowest BCUT2D eigenvalue weighted by atomic mass is 10.0. The van der Waals surface area contributed by atoms with Crippen LogP contribution in [0.25, 0.3) is 11.1 Å². The van der Waals surface area contributed by atoms with E-state index in [2.05, 4.69) is 0 Å². The van der Waals surface area contributed by atoms with Crippen molar-refractivity contribution in [2.45, 2.75) is 6.10 Å². The molecule has 1 unspecified atom stereocenters. The van der Waals surface area contributed by atoms with E-state index in [1.165, 1.54) is 20.3 Å². The predicted octanol–water partition coefficient (Wildman–Crippen LogP) is 1.82. The number of hydrogen-bond acceptors (Lipinski definition) is 8. The van der Waals surface area contributed by atoms with Crippen molar-refractivity contribution >= 4 is 5.97 Å². The zero-order valence-corrected chi connectivity index (χ0v) is 15.4. The van der Waals surface area contributed by atoms with Crippen LogP contribution in [0.2, 0.25) is 0 Å². The Morgan fingerprint density at radius 1 is 1.21 bits per heavy atom. The Kier molecular flexibility index (Phi) is 6.17. The van der Waals surface area contributed by atoms with Crippen LogP contribution in [0.5, 0.6) is 17.2 Å². The number of carbonyl (C=O) groups is 1. The van der Waals surface area contributed by atoms with E-state index < -0.39 is 17.4 Å². The summed E-state index contributed by atoms with van der Waals surface area (Å²) in [6.45, 7) is 1.27. The van der Waals surface area contributed by atoms with E-state index in [0.29, 0.717) is 36.9 Å². The van der Waals surface area contributed by atoms with Crippen molar-refractivity contribution in [2.24, 2.45) is 0 Å². The van der Waals surface area contributed by atoms with Gasteiger partial charge in [-0.15, -0.1) is 0 Å². The van der Waals surface area contributed by atoms with Crippen LogP contribution in [0.4, 0.5) is 0 Å². The third-order valence-corrected chi connectivity index (χ3v) is 4.11. The highest BCUT2D eigenvalue weighted by Crippen LogP contribution is 2.42. The molecule has 28 heavy (non-hydrogen) atoms. The van der Waals surface area contributed by atoms with Crippen LogP contribution in [0.15, 0.2) is 33.5 Å². The van der Waals surface area contributed by atoms with E-state index in [1.54, 1.807) is 18.2 Å². The molecule has 0 bridgehead atoms. The standard InChI is InChI=1S/C19H20O9/c1-23-13-4-3-5-14(24-2)16(13)12-8-15(18(20)21)28-19(22)17(12)27-10-11-9-25-6-7-26-11/h3-5,8,11H,6-7,9-10H2,1-2H3,(H,20,21). The molecular weight excluding hydrogens is 372 g/mol. The van der Waals surface area contributed by atoms with Gasteiger partial charge in [0.2, 0.25) is 11.5 Å². The Morgan fingerprint density at radius 3 is 2.50 bits per heavy atom. The molecule has 0 amide bonds. The SMILES string of the molecule is COc1cccc(OC)c1-c1cc(C(=O)O)oc(=O)c1OCC1COCCO1. The van der Waals surface area contributed by atoms with Gasteiger partial charge in [0.05, 0.1) is 39.6 Å². The first kappa shape index (κ1) is 19.7. The van der Waals surface area contributed by atoms with E-state index in [-0.39, 0.29) is 24.0 Å². The average molecular weight is 392 g/mol. The summed E-state index contributed by atoms with van der Waals surface area (Å²) in [7, 11) is 2.91. The molecule has 9 nitrogen and oxygen atoms in total. The molecule has 1 fully saturated rings. The van der Waals surface area contributed by atoms with E-state index >= 15 is 0 Å². The highest BCUT2D eigenvalue weighted by atomic mass is 16.6. The van der Waals surface area contributed by atoms with Crippen LogP contribution in [-0.4, -0.2) is 57.8 Å². The molecule has 1 aromatic heterocycles. The van der Waals surface area contributed by atoms with Crippen molar-refractivity contribution in [2.75, 3.05) is 40.6 Å². The zero-order chi connectivity index (χ0) is 20.1. The Morgan fingerprint density at radius 2 is 1.93 bits per heavy atom. The summed E-state index contributed by atoms with van der Waals surface area (Å²) in [5, 5.41) is 9.29. The molecule has 1 N–H and O–H groups in total. The van der Waals surface area contributed by atoms with Crippen molar-refractivity contribution in [1.82, 2.24) is 0 Å². The molecule has 2 heterocycles. The largest absolute Gasteiger partial charge is 0.496 e. The molecule has 1 aliphatic rings. The van der Waals surface area contributed by atoms with Crippen molar-refractivity contribution in [3.8, 4) is 28.4 Å². The summed E-state index contributed by atoms with van der Waals surface area (Å²) in [5.74, 6) is -1.32. The number of aromatic carboxylic acids is 1. The molecule has 1 aliphatic heterocycles. The Hall–Kier alpha value is -3.04. The number of hydrogen-bond donors (Lipinski definition) is 1. The van der Waals surface area contributed by atoms with Crippen LogP contribution >= 0.6 is 0 Å². The van der Waals surface area contributed by atoms with Crippen LogP contribution < -0.4 is 19.8 Å². The number of carboxylic acid groups (broad SMARTS) is 1. The van der Waals surface area contributed by atoms with Crippen molar-refractivity contribution in [3.63, 3.8) is 0 Å². The lowest BCUT2D eigenvalue weighted by molar-refractivity contribution is -0.101. The Bertz CT molecular complexity index is 875. The summed E-state index contributed by atoms with van der Waals surface area (Å²) in [4.78, 5) is 23.9. The summed E-state index contributed by atoms with van der Waals surface area (Å²) >= 11 is 0. The molecule has 0 spiro atoms. The minimum Gasteiger partial charge on any atom is -0.496 e. The van der Waals surface area contributed by atoms with Crippen LogP contribution in [0.1, 0.15) is 10.6 Å². The van der Waals surface area contributed by atoms with E-state index in [1.807, 2.05) is 0 Å². The third kappa shape index (κ3) is 4.10. The normalized spacial score (nSPS) is 16.4. The molecule has 1 aromatic carbocycles. The van der Waals surface area contributed by atoms with Gasteiger partial charge in [-0.25, -0.2) is 9.59 Å². The van der Waals surface area contributed by atoms with Gasteiger partial charge in [0.25, 0.3) is 0 Å². The third-order valence-electron chi connectivity index (χ3n) is 4.11. The Balaban J connectivity index is 2.10. The highest BCUT2D eigenvalue weighted by molar-refractivity contribution is 5.89. The zero-order valence-electron chi connectivity index (χ0n) is 15.4. The summed E-state index contributed by atoms with van der Waals surface area (Å²) < 4.78 is 32.1. The van der Waals surface area contributed by atoms with Gasteiger partial charge >= 0.3 is 11.6 Å². The first-order chi connectivity index (χ1) is 13.5. The fourth-order valence-electron chi connectivity index (χ4n) is 2.84. The lowest BCUT2D eigenvalue weighted by Crippen LogP contribution is -2.34. The van der Waals surface area contributed by atoms with Gasteiger partial charge in [-0.2, -0.15) is 0 Å². The Labute approximate surface area is 160 Å². The highest BCUT2D eigenvalue weighted by Gasteiger charge is 2.25. The van der Waals surface area contributed by atoms with Crippen molar-refractivity contribution < 1.29 is 38.0 Å². The van der Waals surface area contributed by atoms with E-state index in [4.69, 9.17) is 28.1 Å². The first-order valence-electron chi connectivity index (χ1n) is 8.50. The van der Waals surface area contributed by atoms with Gasteiger partial charge in [-0.3, -0.25) is 0 Å². The number of benzene rings is 1. The molecule has 1 atom stereocenters. The maximum Gasteiger partial charge on any atom is 0.379 e. The molecule has 0 saturated carbocycles. The summed E-state index contributed by atoms with van der Waals surface area (Å²) in [6.07, 6.45) is -0.361. The van der Waals surface area contributed by atoms with Gasteiger partial charge in [-0.1, -0.05) is 6.07 Å². The molecule has 2 aromatic rings. The fourth-order valence-corrected chi connectivity index (χ4v) is 2.84. The first-order valence-corrected chi connectivity index (χ1v) is 8.50. The average Bonchev–Trinajstić information content (AvgIpc) is 2.72. The minimum atomic E-state index is -1.39. The number of rotatable bonds is 7. The fraction of sp³-hybridized carbons (Fsp3) is 0.368. The lowest BCUT2D eigenvalue weighted by Gasteiger charge is -2.23. The van der Waals surface area contributed by atoms with Gasteiger partial charge in [0.15, 0.2) is 0 Å². The maximum atomic E-state index is 12.5. The van der Waals surface area contributed by atoms with Gasteiger partial charge in [0.1, 0.15) is 24.2 Å². The molecule has 0 radical (unpaired) electrons. The summed E-state index contributed by atoms with van der Waals surface area (Å²) in [5.41, 5.74) is -0.377. The molecule has 1 saturated heterocycles. The molecule has 3 rings (SSSR count). The van der Waals surface area contributed by atoms with Crippen LogP contribution in [-0.2, 0) is 9.47 Å².